The minimum atomic E-state index is -0.407. The first-order chi connectivity index (χ1) is 12.6. The van der Waals surface area contributed by atoms with Gasteiger partial charge in [-0.25, -0.2) is 10.2 Å². The van der Waals surface area contributed by atoms with Crippen LogP contribution in [0, 0.1) is 19.3 Å². The molecule has 1 aromatic heterocycles. The number of aromatic nitrogens is 1. The number of aryl methyl sites for hydroxylation is 1. The van der Waals surface area contributed by atoms with E-state index in [9.17, 15) is 4.79 Å². The molecule has 0 saturated heterocycles. The number of nitrogens with zero attached hydrogens (tertiary/aromatic N) is 2. The van der Waals surface area contributed by atoms with Crippen LogP contribution in [0.1, 0.15) is 11.1 Å². The molecule has 0 aliphatic rings. The SMILES string of the molecule is C#CCn1cc(/C=N/NC(=O)Nc2ccc(Br)c(C)c2)c2ccccc21. The normalized spacial score (nSPS) is 10.8. The van der Waals surface area contributed by atoms with Crippen molar-refractivity contribution >= 4 is 44.8 Å². The Hall–Kier alpha value is -3.04. The number of carbonyl (C=O) groups excluding carboxylic acids is 1. The van der Waals surface area contributed by atoms with Crippen LogP contribution in [0.15, 0.2) is 58.2 Å². The first-order valence-electron chi connectivity index (χ1n) is 7.96. The smallest absolute Gasteiger partial charge is 0.335 e. The third kappa shape index (κ3) is 3.95. The maximum absolute atomic E-state index is 12.0. The van der Waals surface area contributed by atoms with E-state index in [-0.39, 0.29) is 0 Å². The molecule has 0 saturated carbocycles. The summed E-state index contributed by atoms with van der Waals surface area (Å²) in [4.78, 5) is 12.0. The molecule has 0 spiro atoms. The first kappa shape index (κ1) is 17.8. The molecule has 0 bridgehead atoms. The number of hydrogen-bond donors (Lipinski definition) is 2. The number of para-hydroxylation sites is 1. The van der Waals surface area contributed by atoms with Crippen molar-refractivity contribution in [1.29, 1.82) is 0 Å². The van der Waals surface area contributed by atoms with Crippen molar-refractivity contribution in [3.63, 3.8) is 0 Å². The molecular formula is C20H17BrN4O. The van der Waals surface area contributed by atoms with Gasteiger partial charge in [-0.1, -0.05) is 40.0 Å². The van der Waals surface area contributed by atoms with Crippen LogP contribution >= 0.6 is 15.9 Å². The number of halogens is 1. The number of rotatable bonds is 4. The summed E-state index contributed by atoms with van der Waals surface area (Å²) in [5, 5.41) is 7.81. The number of urea groups is 1. The van der Waals surface area contributed by atoms with Gasteiger partial charge in [0.1, 0.15) is 0 Å². The number of terminal acetylenes is 1. The van der Waals surface area contributed by atoms with Crippen molar-refractivity contribution < 1.29 is 4.79 Å². The van der Waals surface area contributed by atoms with Gasteiger partial charge in [0.05, 0.1) is 12.8 Å². The van der Waals surface area contributed by atoms with Crippen molar-refractivity contribution in [1.82, 2.24) is 9.99 Å². The van der Waals surface area contributed by atoms with E-state index in [0.29, 0.717) is 12.2 Å². The fourth-order valence-corrected chi connectivity index (χ4v) is 2.90. The quantitative estimate of drug-likeness (QED) is 0.372. The Morgan fingerprint density at radius 1 is 1.35 bits per heavy atom. The highest BCUT2D eigenvalue weighted by Crippen LogP contribution is 2.20. The van der Waals surface area contributed by atoms with Gasteiger partial charge in [-0.15, -0.1) is 6.42 Å². The highest BCUT2D eigenvalue weighted by molar-refractivity contribution is 9.10. The standard InChI is InChI=1S/C20H17BrN4O/c1-3-10-25-13-15(17-6-4-5-7-19(17)25)12-22-24-20(26)23-16-8-9-18(21)14(2)11-16/h1,4-9,11-13H,10H2,2H3,(H2,23,24,26)/b22-12+. The molecule has 2 amide bonds. The Morgan fingerprint density at radius 3 is 2.92 bits per heavy atom. The van der Waals surface area contributed by atoms with Gasteiger partial charge in [0.2, 0.25) is 0 Å². The van der Waals surface area contributed by atoms with Crippen LogP contribution < -0.4 is 10.7 Å². The average Bonchev–Trinajstić information content (AvgIpc) is 2.97. The Balaban J connectivity index is 1.70. The molecule has 6 heteroatoms. The molecule has 130 valence electrons. The summed E-state index contributed by atoms with van der Waals surface area (Å²) < 4.78 is 2.96. The van der Waals surface area contributed by atoms with Gasteiger partial charge >= 0.3 is 6.03 Å². The Kier molecular flexibility index (Phi) is 5.40. The predicted molar refractivity (Wildman–Crippen MR) is 109 cm³/mol. The third-order valence-corrected chi connectivity index (χ3v) is 4.76. The van der Waals surface area contributed by atoms with E-state index in [1.54, 1.807) is 6.21 Å². The van der Waals surface area contributed by atoms with Crippen molar-refractivity contribution in [3.05, 3.63) is 64.3 Å². The largest absolute Gasteiger partial charge is 0.339 e. The maximum atomic E-state index is 12.0. The molecule has 26 heavy (non-hydrogen) atoms. The summed E-state index contributed by atoms with van der Waals surface area (Å²) in [6.45, 7) is 2.43. The minimum absolute atomic E-state index is 0.407. The van der Waals surface area contributed by atoms with Crippen LogP contribution in [0.3, 0.4) is 0 Å². The molecule has 0 radical (unpaired) electrons. The molecule has 3 aromatic rings. The lowest BCUT2D eigenvalue weighted by atomic mass is 10.2. The molecule has 0 aliphatic carbocycles. The molecule has 0 aliphatic heterocycles. The lowest BCUT2D eigenvalue weighted by Gasteiger charge is -2.06. The Bertz CT molecular complexity index is 1030. The van der Waals surface area contributed by atoms with Crippen molar-refractivity contribution in [2.24, 2.45) is 5.10 Å². The number of fused-ring (bicyclic) bond motifs is 1. The van der Waals surface area contributed by atoms with E-state index in [0.717, 1.165) is 26.5 Å². The highest BCUT2D eigenvalue weighted by atomic mass is 79.9. The van der Waals surface area contributed by atoms with E-state index in [1.807, 2.05) is 60.2 Å². The van der Waals surface area contributed by atoms with E-state index in [1.165, 1.54) is 0 Å². The second-order valence-corrected chi connectivity index (χ2v) is 6.58. The number of amides is 2. The van der Waals surface area contributed by atoms with E-state index in [4.69, 9.17) is 6.42 Å². The molecule has 0 atom stereocenters. The number of nitrogens with one attached hydrogen (secondary N) is 2. The minimum Gasteiger partial charge on any atom is -0.335 e. The van der Waals surface area contributed by atoms with Crippen molar-refractivity contribution in [3.8, 4) is 12.3 Å². The zero-order valence-electron chi connectivity index (χ0n) is 14.2. The fourth-order valence-electron chi connectivity index (χ4n) is 2.65. The molecule has 0 unspecified atom stereocenters. The van der Waals surface area contributed by atoms with Gasteiger partial charge in [-0.2, -0.15) is 5.10 Å². The summed E-state index contributed by atoms with van der Waals surface area (Å²) in [7, 11) is 0. The lowest BCUT2D eigenvalue weighted by molar-refractivity contribution is 0.252. The van der Waals surface area contributed by atoms with Gasteiger partial charge in [0.15, 0.2) is 0 Å². The Morgan fingerprint density at radius 2 is 2.15 bits per heavy atom. The van der Waals surface area contributed by atoms with Crippen LogP contribution in [0.25, 0.3) is 10.9 Å². The van der Waals surface area contributed by atoms with Gasteiger partial charge in [0, 0.05) is 32.8 Å². The van der Waals surface area contributed by atoms with Crippen LogP contribution in [0.4, 0.5) is 10.5 Å². The zero-order valence-corrected chi connectivity index (χ0v) is 15.7. The van der Waals surface area contributed by atoms with Gasteiger partial charge < -0.3 is 9.88 Å². The first-order valence-corrected chi connectivity index (χ1v) is 8.75. The molecule has 3 rings (SSSR count). The summed E-state index contributed by atoms with van der Waals surface area (Å²) in [5.41, 5.74) is 6.12. The van der Waals surface area contributed by atoms with E-state index in [2.05, 4.69) is 37.7 Å². The van der Waals surface area contributed by atoms with E-state index >= 15 is 0 Å². The van der Waals surface area contributed by atoms with E-state index < -0.39 is 6.03 Å². The summed E-state index contributed by atoms with van der Waals surface area (Å²) in [6.07, 6.45) is 8.96. The van der Waals surface area contributed by atoms with Crippen LogP contribution in [-0.2, 0) is 6.54 Å². The highest BCUT2D eigenvalue weighted by Gasteiger charge is 2.06. The number of hydrogen-bond acceptors (Lipinski definition) is 2. The van der Waals surface area contributed by atoms with Crippen LogP contribution in [0.5, 0.6) is 0 Å². The second kappa shape index (κ2) is 7.89. The topological polar surface area (TPSA) is 58.4 Å². The molecule has 2 N–H and O–H groups in total. The monoisotopic (exact) mass is 408 g/mol. The summed E-state index contributed by atoms with van der Waals surface area (Å²) in [6, 6.07) is 13.1. The maximum Gasteiger partial charge on any atom is 0.339 e. The molecular weight excluding hydrogens is 392 g/mol. The molecule has 5 nitrogen and oxygen atoms in total. The van der Waals surface area contributed by atoms with Gasteiger partial charge in [-0.3, -0.25) is 0 Å². The van der Waals surface area contributed by atoms with Crippen molar-refractivity contribution in [2.75, 3.05) is 5.32 Å². The second-order valence-electron chi connectivity index (χ2n) is 5.72. The summed E-state index contributed by atoms with van der Waals surface area (Å²) >= 11 is 3.43. The fraction of sp³-hybridized carbons (Fsp3) is 0.100. The molecule has 2 aromatic carbocycles. The average molecular weight is 409 g/mol. The third-order valence-electron chi connectivity index (χ3n) is 3.87. The Labute approximate surface area is 160 Å². The number of benzene rings is 2. The van der Waals surface area contributed by atoms with Crippen LogP contribution in [-0.4, -0.2) is 16.8 Å². The number of hydrazone groups is 1. The molecule has 0 fully saturated rings. The van der Waals surface area contributed by atoms with Crippen LogP contribution in [0.2, 0.25) is 0 Å². The molecule has 1 heterocycles. The summed E-state index contributed by atoms with van der Waals surface area (Å²) in [5.74, 6) is 2.63. The predicted octanol–water partition coefficient (Wildman–Crippen LogP) is 4.50. The number of carbonyl (C=O) groups is 1. The zero-order chi connectivity index (χ0) is 18.5. The van der Waals surface area contributed by atoms with Gasteiger partial charge in [0.25, 0.3) is 0 Å². The number of anilines is 1. The lowest BCUT2D eigenvalue weighted by Crippen LogP contribution is -2.24. The van der Waals surface area contributed by atoms with Crippen molar-refractivity contribution in [2.45, 2.75) is 13.5 Å². The van der Waals surface area contributed by atoms with Gasteiger partial charge in [-0.05, 0) is 36.8 Å².